The third-order valence-corrected chi connectivity index (χ3v) is 19.9. The molecule has 6 aromatic rings. The number of benzene rings is 4. The van der Waals surface area contributed by atoms with Crippen LogP contribution in [0.5, 0.6) is 11.5 Å². The molecule has 24 nitrogen and oxygen atoms in total. The van der Waals surface area contributed by atoms with Gasteiger partial charge in [0, 0.05) is 119 Å². The number of hydrogen-bond donors (Lipinski definition) is 2. The van der Waals surface area contributed by atoms with E-state index in [0.29, 0.717) is 75.9 Å². The number of carbonyl (C=O) groups is 5. The van der Waals surface area contributed by atoms with E-state index in [4.69, 9.17) is 18.9 Å². The van der Waals surface area contributed by atoms with Crippen molar-refractivity contribution in [3.05, 3.63) is 143 Å². The number of nitrogens with one attached hydrogen (secondary N) is 2. The number of amides is 2. The van der Waals surface area contributed by atoms with Gasteiger partial charge in [0.1, 0.15) is 22.7 Å². The topological polar surface area (TPSA) is 266 Å². The number of aldehydes is 1. The smallest absolute Gasteiger partial charge is 0.344 e. The van der Waals surface area contributed by atoms with Crippen LogP contribution < -0.4 is 28.7 Å². The van der Waals surface area contributed by atoms with Crippen LogP contribution in [0.25, 0.3) is 0 Å². The van der Waals surface area contributed by atoms with Gasteiger partial charge in [0.25, 0.3) is 0 Å². The monoisotopic (exact) mass is 1430 g/mol. The van der Waals surface area contributed by atoms with E-state index in [0.717, 1.165) is 123 Å². The predicted molar refractivity (Wildman–Crippen MR) is 394 cm³/mol. The molecule has 2 amide bonds. The third kappa shape index (κ3) is 23.8. The highest BCUT2D eigenvalue weighted by Gasteiger charge is 2.44. The Morgan fingerprint density at radius 2 is 0.990 bits per heavy atom. The molecule has 5 heterocycles. The van der Waals surface area contributed by atoms with Crippen molar-refractivity contribution < 1.29 is 59.8 Å². The molecule has 1 saturated carbocycles. The molecule has 4 aromatic carbocycles. The number of piperidine rings is 2. The molecule has 1 aliphatic carbocycles. The maximum Gasteiger partial charge on any atom is 0.344 e. The SMILES string of the molecule is COc1ccc(CN(CCCC(=O)OC(C)(C)C)c2cc(C)ccc2C=O)cc1.COc1ccc(CN(CCCC(=O)OC(C)(C)C)c2cc(C)ccc2CN2CCCC23CCN(C(=O)n2ccc(NS(C)(=O)=O)n2)CC3)cc1.CS(=O)(=O)Nc1ccn(C(=O)N2CCC3(CCCC3)CC2)n1. The number of carbonyl (C=O) groups excluding carboxylic acids is 5. The lowest BCUT2D eigenvalue weighted by atomic mass is 9.77. The molecule has 0 unspecified atom stereocenters. The van der Waals surface area contributed by atoms with Gasteiger partial charge in [-0.05, 0) is 202 Å². The molecule has 10 rings (SSSR count). The van der Waals surface area contributed by atoms with Crippen molar-refractivity contribution in [1.29, 1.82) is 0 Å². The van der Waals surface area contributed by atoms with Crippen LogP contribution >= 0.6 is 0 Å². The van der Waals surface area contributed by atoms with Crippen LogP contribution in [0.4, 0.5) is 32.6 Å². The summed E-state index contributed by atoms with van der Waals surface area (Å²) in [6.45, 7) is 22.5. The van der Waals surface area contributed by atoms with Gasteiger partial charge < -0.3 is 38.5 Å². The average Bonchev–Trinajstić information content (AvgIpc) is 1.67. The van der Waals surface area contributed by atoms with E-state index in [1.807, 2.05) is 103 Å². The molecule has 0 bridgehead atoms. The zero-order valence-electron chi connectivity index (χ0n) is 61.1. The number of esters is 2. The Hall–Kier alpha value is -8.49. The van der Waals surface area contributed by atoms with Gasteiger partial charge in [-0.15, -0.1) is 10.2 Å². The van der Waals surface area contributed by atoms with Crippen LogP contribution in [0.1, 0.15) is 170 Å². The number of nitrogens with zero attached hydrogens (tertiary/aromatic N) is 9. The Labute approximate surface area is 597 Å². The first-order valence-electron chi connectivity index (χ1n) is 35.0. The van der Waals surface area contributed by atoms with E-state index in [1.54, 1.807) is 24.0 Å². The average molecular weight is 1430 g/mol. The van der Waals surface area contributed by atoms with Crippen molar-refractivity contribution in [2.45, 2.75) is 182 Å². The van der Waals surface area contributed by atoms with Crippen LogP contribution in [0, 0.1) is 19.3 Å². The van der Waals surface area contributed by atoms with Gasteiger partial charge in [0.2, 0.25) is 20.0 Å². The minimum Gasteiger partial charge on any atom is -0.497 e. The number of anilines is 4. The summed E-state index contributed by atoms with van der Waals surface area (Å²) in [6, 6.07) is 31.0. The molecule has 3 aliphatic heterocycles. The Balaban J connectivity index is 0.000000214. The van der Waals surface area contributed by atoms with E-state index >= 15 is 0 Å². The number of likely N-dealkylation sites (tertiary alicyclic amines) is 3. The Bertz CT molecular complexity index is 3990. The zero-order valence-corrected chi connectivity index (χ0v) is 62.7. The Kier molecular flexibility index (Phi) is 26.7. The number of hydrogen-bond acceptors (Lipinski definition) is 18. The summed E-state index contributed by atoms with van der Waals surface area (Å²) < 4.78 is 74.2. The van der Waals surface area contributed by atoms with Gasteiger partial charge in [-0.25, -0.2) is 26.4 Å². The predicted octanol–water partition coefficient (Wildman–Crippen LogP) is 12.6. The molecule has 101 heavy (non-hydrogen) atoms. The number of sulfonamides is 2. The van der Waals surface area contributed by atoms with Gasteiger partial charge in [-0.1, -0.05) is 55.3 Å². The molecule has 3 saturated heterocycles. The first kappa shape index (κ1) is 78.2. The summed E-state index contributed by atoms with van der Waals surface area (Å²) >= 11 is 0. The Morgan fingerprint density at radius 1 is 0.554 bits per heavy atom. The van der Waals surface area contributed by atoms with E-state index < -0.39 is 31.2 Å². The van der Waals surface area contributed by atoms with Crippen LogP contribution in [-0.4, -0.2) is 171 Å². The highest BCUT2D eigenvalue weighted by atomic mass is 32.2. The van der Waals surface area contributed by atoms with Crippen molar-refractivity contribution in [2.24, 2.45) is 5.41 Å². The van der Waals surface area contributed by atoms with E-state index in [9.17, 15) is 40.8 Å². The fourth-order valence-electron chi connectivity index (χ4n) is 13.8. The van der Waals surface area contributed by atoms with Crippen LogP contribution in [-0.2, 0) is 58.7 Å². The van der Waals surface area contributed by atoms with Crippen molar-refractivity contribution >= 4 is 73.3 Å². The summed E-state index contributed by atoms with van der Waals surface area (Å²) in [7, 11) is -3.56. The fraction of sp³-hybridized carbons (Fsp3) is 0.533. The molecule has 2 spiro atoms. The molecule has 26 heteroatoms. The lowest BCUT2D eigenvalue weighted by Gasteiger charge is -2.45. The largest absolute Gasteiger partial charge is 0.497 e. The zero-order chi connectivity index (χ0) is 73.3. The molecule has 550 valence electrons. The highest BCUT2D eigenvalue weighted by Crippen LogP contribution is 2.46. The number of aromatic nitrogens is 4. The molecular weight excluding hydrogens is 1330 g/mol. The second-order valence-corrected chi connectivity index (χ2v) is 32.8. The van der Waals surface area contributed by atoms with Crippen molar-refractivity contribution in [3.8, 4) is 11.5 Å². The minimum atomic E-state index is -3.49. The van der Waals surface area contributed by atoms with Crippen LogP contribution in [0.15, 0.2) is 109 Å². The summed E-state index contributed by atoms with van der Waals surface area (Å²) in [5, 5.41) is 8.13. The maximum absolute atomic E-state index is 13.3. The molecule has 4 aliphatic rings. The van der Waals surface area contributed by atoms with Gasteiger partial charge in [0.05, 0.1) is 26.7 Å². The highest BCUT2D eigenvalue weighted by molar-refractivity contribution is 7.92. The van der Waals surface area contributed by atoms with Crippen molar-refractivity contribution in [2.75, 3.05) is 91.8 Å². The van der Waals surface area contributed by atoms with Crippen molar-refractivity contribution in [3.63, 3.8) is 0 Å². The Morgan fingerprint density at radius 3 is 1.43 bits per heavy atom. The fourth-order valence-corrected chi connectivity index (χ4v) is 14.8. The van der Waals surface area contributed by atoms with Crippen LogP contribution in [0.3, 0.4) is 0 Å². The lowest BCUT2D eigenvalue weighted by Crippen LogP contribution is -2.53. The molecule has 4 fully saturated rings. The van der Waals surface area contributed by atoms with Crippen molar-refractivity contribution in [1.82, 2.24) is 34.3 Å². The summed E-state index contributed by atoms with van der Waals surface area (Å²) in [5.41, 5.74) is 7.88. The summed E-state index contributed by atoms with van der Waals surface area (Å²) in [4.78, 5) is 72.7. The van der Waals surface area contributed by atoms with E-state index in [-0.39, 0.29) is 41.2 Å². The second-order valence-electron chi connectivity index (χ2n) is 29.3. The molecule has 2 N–H and O–H groups in total. The third-order valence-electron chi connectivity index (χ3n) is 18.7. The van der Waals surface area contributed by atoms with E-state index in [2.05, 4.69) is 71.6 Å². The molecular formula is C75H105N11O13S2. The summed E-state index contributed by atoms with van der Waals surface area (Å²) in [6.07, 6.45) is 19.2. The van der Waals surface area contributed by atoms with Crippen LogP contribution in [0.2, 0.25) is 0 Å². The minimum absolute atomic E-state index is 0.0103. The number of ether oxygens (including phenoxy) is 4. The lowest BCUT2D eigenvalue weighted by molar-refractivity contribution is -0.156. The number of methoxy groups -OCH3 is 2. The molecule has 0 atom stereocenters. The molecule has 0 radical (unpaired) electrons. The first-order chi connectivity index (χ1) is 47.7. The van der Waals surface area contributed by atoms with Gasteiger partial charge in [0.15, 0.2) is 17.9 Å². The summed E-state index contributed by atoms with van der Waals surface area (Å²) in [5.74, 6) is 1.51. The number of rotatable bonds is 23. The maximum atomic E-state index is 13.3. The normalized spacial score (nSPS) is 15.9. The second kappa shape index (κ2) is 34.5. The van der Waals surface area contributed by atoms with E-state index in [1.165, 1.54) is 70.7 Å². The van der Waals surface area contributed by atoms with Gasteiger partial charge >= 0.3 is 24.0 Å². The first-order valence-corrected chi connectivity index (χ1v) is 38.8. The van der Waals surface area contributed by atoms with Gasteiger partial charge in [-0.3, -0.25) is 28.7 Å². The number of aryl methyl sites for hydroxylation is 2. The molecule has 2 aromatic heterocycles. The quantitative estimate of drug-likeness (QED) is 0.0446. The standard InChI is InChI=1S/C37H52N6O6S.C24H31NO4.C14H22N4O3S/c1-28-10-13-30(32(25-28)41(20-7-9-34(44)49-36(2,3)4)26-29-11-14-31(48-5)15-12-29)27-42-21-8-17-37(42)18-23-40(24-19-37)35(45)43-22-16-33(38-43)39-50(6,46)47;1-18-8-11-20(17-26)22(15-18)25(14-6-7-23(27)29-24(2,3)4)16-19-9-12-21(28-5)13-10-19;1-22(20,21)16-12-4-9-18(15-12)13(19)17-10-7-14(8-11-17)5-2-3-6-14/h10-16,22,25H,7-9,17-21,23-24,26-27H2,1-6H3,(H,38,39);8-13,15,17H,6-7,14,16H2,1-5H3;4,9H,2-3,5-8,10-11H2,1H3,(H,15,16). The van der Waals surface area contributed by atoms with Gasteiger partial charge in [-0.2, -0.15) is 9.36 Å².